The van der Waals surface area contributed by atoms with Crippen LogP contribution in [0.2, 0.25) is 5.02 Å². The molecular formula is C25H27ClN6O4S. The van der Waals surface area contributed by atoms with Gasteiger partial charge < -0.3 is 19.9 Å². The van der Waals surface area contributed by atoms with E-state index in [1.54, 1.807) is 30.5 Å². The normalized spacial score (nSPS) is 11.7. The molecule has 0 atom stereocenters. The third kappa shape index (κ3) is 5.85. The second kappa shape index (κ2) is 10.8. The molecule has 0 fully saturated rings. The maximum Gasteiger partial charge on any atom is 0.244 e. The summed E-state index contributed by atoms with van der Waals surface area (Å²) in [5.41, 5.74) is 2.70. The molecule has 0 aliphatic rings. The highest BCUT2D eigenvalue weighted by Gasteiger charge is 2.22. The smallest absolute Gasteiger partial charge is 0.244 e. The van der Waals surface area contributed by atoms with Crippen molar-refractivity contribution in [3.8, 4) is 17.1 Å². The molecule has 0 spiro atoms. The highest BCUT2D eigenvalue weighted by molar-refractivity contribution is 7.89. The van der Waals surface area contributed by atoms with Crippen molar-refractivity contribution in [3.63, 3.8) is 0 Å². The largest absolute Gasteiger partial charge is 0.489 e. The van der Waals surface area contributed by atoms with Crippen molar-refractivity contribution in [1.82, 2.24) is 19.4 Å². The minimum absolute atomic E-state index is 0.0745. The molecule has 2 aromatic heterocycles. The summed E-state index contributed by atoms with van der Waals surface area (Å²) in [6.45, 7) is 5.82. The molecule has 4 aromatic rings. The molecule has 4 rings (SSSR count). The molecule has 0 amide bonds. The van der Waals surface area contributed by atoms with E-state index in [4.69, 9.17) is 20.9 Å². The molecule has 0 unspecified atom stereocenters. The highest BCUT2D eigenvalue weighted by Crippen LogP contribution is 2.36. The van der Waals surface area contributed by atoms with Gasteiger partial charge in [-0.05, 0) is 50.6 Å². The summed E-state index contributed by atoms with van der Waals surface area (Å²) >= 11 is 6.37. The average molecular weight is 543 g/mol. The van der Waals surface area contributed by atoms with E-state index in [-0.39, 0.29) is 27.8 Å². The lowest BCUT2D eigenvalue weighted by molar-refractivity contribution is 0.243. The van der Waals surface area contributed by atoms with Gasteiger partial charge >= 0.3 is 0 Å². The number of hydrogen-bond acceptors (Lipinski definition) is 9. The predicted molar refractivity (Wildman–Crippen MR) is 143 cm³/mol. The first-order chi connectivity index (χ1) is 17.6. The molecule has 2 heterocycles. The van der Waals surface area contributed by atoms with E-state index < -0.39 is 10.0 Å². The van der Waals surface area contributed by atoms with Crippen molar-refractivity contribution in [2.45, 2.75) is 31.8 Å². The van der Waals surface area contributed by atoms with Gasteiger partial charge in [-0.15, -0.1) is 0 Å². The number of rotatable bonds is 9. The van der Waals surface area contributed by atoms with Crippen LogP contribution in [0, 0.1) is 6.92 Å². The van der Waals surface area contributed by atoms with E-state index in [9.17, 15) is 8.42 Å². The number of halogens is 1. The van der Waals surface area contributed by atoms with E-state index in [0.29, 0.717) is 22.9 Å². The van der Waals surface area contributed by atoms with Gasteiger partial charge in [0.25, 0.3) is 0 Å². The van der Waals surface area contributed by atoms with Gasteiger partial charge in [0.1, 0.15) is 15.7 Å². The van der Waals surface area contributed by atoms with E-state index in [2.05, 4.69) is 25.8 Å². The molecule has 2 N–H and O–H groups in total. The highest BCUT2D eigenvalue weighted by atomic mass is 35.5. The van der Waals surface area contributed by atoms with E-state index >= 15 is 0 Å². The molecule has 0 saturated heterocycles. The number of hydrogen-bond donors (Lipinski definition) is 2. The maximum absolute atomic E-state index is 12.8. The Morgan fingerprint density at radius 1 is 1.08 bits per heavy atom. The van der Waals surface area contributed by atoms with E-state index in [1.165, 1.54) is 26.4 Å². The zero-order valence-corrected chi connectivity index (χ0v) is 22.6. The van der Waals surface area contributed by atoms with Crippen LogP contribution in [0.25, 0.3) is 11.3 Å². The Morgan fingerprint density at radius 2 is 1.84 bits per heavy atom. The van der Waals surface area contributed by atoms with Gasteiger partial charge in [0, 0.05) is 25.7 Å². The monoisotopic (exact) mass is 542 g/mol. The zero-order valence-electron chi connectivity index (χ0n) is 21.0. The molecule has 37 heavy (non-hydrogen) atoms. The summed E-state index contributed by atoms with van der Waals surface area (Å²) in [6, 6.07) is 12.1. The number of aryl methyl sites for hydroxylation is 1. The average Bonchev–Trinajstić information content (AvgIpc) is 3.37. The molecular weight excluding hydrogens is 516 g/mol. The second-order valence-corrected chi connectivity index (χ2v) is 11.2. The van der Waals surface area contributed by atoms with Crippen molar-refractivity contribution in [2.24, 2.45) is 0 Å². The SMILES string of the molecule is Cc1cc(OC(C)C)c(Nc2ncc(Cl)c(Nc3ccccc3S(=O)(=O)N(C)C)n2)cc1-c1ccno1. The van der Waals surface area contributed by atoms with Crippen LogP contribution in [0.1, 0.15) is 19.4 Å². The Bertz CT molecular complexity index is 1510. The minimum atomic E-state index is -3.71. The Balaban J connectivity index is 1.71. The van der Waals surface area contributed by atoms with E-state index in [1.807, 2.05) is 32.9 Å². The lowest BCUT2D eigenvalue weighted by Gasteiger charge is -2.18. The van der Waals surface area contributed by atoms with Crippen molar-refractivity contribution >= 4 is 44.8 Å². The molecule has 0 aliphatic heterocycles. The van der Waals surface area contributed by atoms with Crippen LogP contribution in [0.4, 0.5) is 23.1 Å². The first-order valence-electron chi connectivity index (χ1n) is 11.4. The zero-order chi connectivity index (χ0) is 26.7. The van der Waals surface area contributed by atoms with E-state index in [0.717, 1.165) is 15.4 Å². The summed E-state index contributed by atoms with van der Waals surface area (Å²) in [5.74, 6) is 1.66. The van der Waals surface area contributed by atoms with Gasteiger partial charge in [0.2, 0.25) is 16.0 Å². The van der Waals surface area contributed by atoms with Crippen molar-refractivity contribution in [2.75, 3.05) is 24.7 Å². The Hall–Kier alpha value is -3.67. The molecule has 0 saturated carbocycles. The number of anilines is 4. The topological polar surface area (TPSA) is 122 Å². The quantitative estimate of drug-likeness (QED) is 0.277. The van der Waals surface area contributed by atoms with Gasteiger partial charge in [-0.1, -0.05) is 28.9 Å². The molecule has 0 bridgehead atoms. The fourth-order valence-electron chi connectivity index (χ4n) is 3.51. The Morgan fingerprint density at radius 3 is 2.51 bits per heavy atom. The summed E-state index contributed by atoms with van der Waals surface area (Å²) in [7, 11) is -0.770. The maximum atomic E-state index is 12.8. The first-order valence-corrected chi connectivity index (χ1v) is 13.2. The van der Waals surface area contributed by atoms with Crippen molar-refractivity contribution in [3.05, 3.63) is 65.4 Å². The number of nitrogens with zero attached hydrogens (tertiary/aromatic N) is 4. The van der Waals surface area contributed by atoms with Gasteiger partial charge in [0.15, 0.2) is 11.6 Å². The summed E-state index contributed by atoms with van der Waals surface area (Å²) in [4.78, 5) is 8.89. The van der Waals surface area contributed by atoms with Crippen molar-refractivity contribution in [1.29, 1.82) is 0 Å². The van der Waals surface area contributed by atoms with Crippen LogP contribution in [0.3, 0.4) is 0 Å². The first kappa shape index (κ1) is 26.4. The van der Waals surface area contributed by atoms with Gasteiger partial charge in [-0.2, -0.15) is 4.98 Å². The van der Waals surface area contributed by atoms with Crippen LogP contribution in [0.5, 0.6) is 5.75 Å². The lowest BCUT2D eigenvalue weighted by Crippen LogP contribution is -2.23. The third-order valence-electron chi connectivity index (χ3n) is 5.28. The van der Waals surface area contributed by atoms with Crippen LogP contribution in [0.15, 0.2) is 64.3 Å². The number of para-hydroxylation sites is 1. The van der Waals surface area contributed by atoms with Crippen molar-refractivity contribution < 1.29 is 17.7 Å². The molecule has 0 aliphatic carbocycles. The summed E-state index contributed by atoms with van der Waals surface area (Å²) in [6.07, 6.45) is 2.93. The molecule has 2 aromatic carbocycles. The predicted octanol–water partition coefficient (Wildman–Crippen LogP) is 5.62. The Kier molecular flexibility index (Phi) is 7.67. The number of sulfonamides is 1. The fourth-order valence-corrected chi connectivity index (χ4v) is 4.68. The number of benzene rings is 2. The van der Waals surface area contributed by atoms with Gasteiger partial charge in [-0.25, -0.2) is 17.7 Å². The number of nitrogens with one attached hydrogen (secondary N) is 2. The second-order valence-electron chi connectivity index (χ2n) is 8.63. The number of aromatic nitrogens is 3. The standard InChI is InChI=1S/C25H27ClN6O4S/c1-15(2)35-22-12-16(3)17(21-10-11-28-36-21)13-20(22)30-25-27-14-18(26)24(31-25)29-19-8-6-7-9-23(19)37(33,34)32(4)5/h6-15H,1-5H3,(H2,27,29,30,31). The van der Waals surface area contributed by atoms with Crippen LogP contribution in [-0.4, -0.2) is 48.0 Å². The van der Waals surface area contributed by atoms with Crippen LogP contribution in [-0.2, 0) is 10.0 Å². The summed E-state index contributed by atoms with van der Waals surface area (Å²) in [5, 5.41) is 10.2. The van der Waals surface area contributed by atoms with Gasteiger partial charge in [0.05, 0.1) is 29.9 Å². The molecule has 12 heteroatoms. The summed E-state index contributed by atoms with van der Waals surface area (Å²) < 4.78 is 38.1. The molecule has 194 valence electrons. The third-order valence-corrected chi connectivity index (χ3v) is 7.43. The van der Waals surface area contributed by atoms with Crippen LogP contribution >= 0.6 is 11.6 Å². The number of ether oxygens (including phenoxy) is 1. The van der Waals surface area contributed by atoms with Gasteiger partial charge in [-0.3, -0.25) is 0 Å². The molecule has 0 radical (unpaired) electrons. The fraction of sp³-hybridized carbons (Fsp3) is 0.240. The Labute approximate surface area is 220 Å². The minimum Gasteiger partial charge on any atom is -0.489 e. The van der Waals surface area contributed by atoms with Crippen LogP contribution < -0.4 is 15.4 Å². The molecule has 10 nitrogen and oxygen atoms in total. The lowest BCUT2D eigenvalue weighted by atomic mass is 10.0.